The van der Waals surface area contributed by atoms with Crippen LogP contribution in [-0.4, -0.2) is 26.8 Å². The summed E-state index contributed by atoms with van der Waals surface area (Å²) in [5.41, 5.74) is 2.15. The maximum Gasteiger partial charge on any atom is 0.306 e. The molecular formula is C11H10FN5O3S. The summed E-state index contributed by atoms with van der Waals surface area (Å²) in [7, 11) is 0. The molecule has 0 atom stereocenters. The third-order valence-electron chi connectivity index (χ3n) is 2.37. The maximum atomic E-state index is 12.7. The lowest BCUT2D eigenvalue weighted by Crippen LogP contribution is -2.19. The van der Waals surface area contributed by atoms with E-state index in [1.807, 2.05) is 0 Å². The quantitative estimate of drug-likeness (QED) is 0.496. The van der Waals surface area contributed by atoms with Crippen molar-refractivity contribution in [2.45, 2.75) is 13.0 Å². The summed E-state index contributed by atoms with van der Waals surface area (Å²) < 4.78 is 14.0. The van der Waals surface area contributed by atoms with Gasteiger partial charge in [0.2, 0.25) is 5.91 Å². The highest BCUT2D eigenvalue weighted by atomic mass is 32.1. The molecule has 0 aliphatic rings. The number of halogens is 1. The zero-order valence-corrected chi connectivity index (χ0v) is 11.4. The van der Waals surface area contributed by atoms with Crippen LogP contribution in [-0.2, 0) is 11.3 Å². The molecule has 0 fully saturated rings. The van der Waals surface area contributed by atoms with Gasteiger partial charge in [0.05, 0.1) is 22.6 Å². The Kier molecular flexibility index (Phi) is 4.72. The van der Waals surface area contributed by atoms with Crippen molar-refractivity contribution >= 4 is 29.1 Å². The molecule has 0 aliphatic heterocycles. The second-order valence-electron chi connectivity index (χ2n) is 3.90. The first kappa shape index (κ1) is 14.8. The average molecular weight is 311 g/mol. The van der Waals surface area contributed by atoms with Gasteiger partial charge in [0.1, 0.15) is 12.4 Å². The van der Waals surface area contributed by atoms with Crippen LogP contribution in [0.2, 0.25) is 0 Å². The third-order valence-corrected chi connectivity index (χ3v) is 3.18. The van der Waals surface area contributed by atoms with Gasteiger partial charge in [-0.15, -0.1) is 11.3 Å². The summed E-state index contributed by atoms with van der Waals surface area (Å²) in [4.78, 5) is 22.0. The molecule has 1 N–H and O–H groups in total. The number of nitrogens with zero attached hydrogens (tertiary/aromatic N) is 4. The number of nitro groups is 1. The van der Waals surface area contributed by atoms with Gasteiger partial charge in [-0.1, -0.05) is 0 Å². The molecule has 0 aliphatic carbocycles. The number of amides is 1. The van der Waals surface area contributed by atoms with E-state index in [2.05, 4.69) is 15.6 Å². The molecule has 0 saturated heterocycles. The van der Waals surface area contributed by atoms with Crippen molar-refractivity contribution in [3.63, 3.8) is 0 Å². The Morgan fingerprint density at radius 2 is 2.43 bits per heavy atom. The largest absolute Gasteiger partial charge is 0.306 e. The third kappa shape index (κ3) is 4.45. The molecule has 0 unspecified atom stereocenters. The fourth-order valence-corrected chi connectivity index (χ4v) is 2.01. The number of hydrazone groups is 1. The molecule has 10 heteroatoms. The molecule has 2 aromatic heterocycles. The summed E-state index contributed by atoms with van der Waals surface area (Å²) in [5.74, 6) is -0.374. The molecule has 2 heterocycles. The van der Waals surface area contributed by atoms with Crippen molar-refractivity contribution in [2.24, 2.45) is 5.10 Å². The highest BCUT2D eigenvalue weighted by Crippen LogP contribution is 2.11. The van der Waals surface area contributed by atoms with Crippen LogP contribution < -0.4 is 5.43 Å². The minimum atomic E-state index is -0.561. The topological polar surface area (TPSA) is 102 Å². The Balaban J connectivity index is 1.76. The Morgan fingerprint density at radius 1 is 1.62 bits per heavy atom. The number of hydrogen-bond acceptors (Lipinski definition) is 6. The summed E-state index contributed by atoms with van der Waals surface area (Å²) in [6.45, 7) is 0.197. The lowest BCUT2D eigenvalue weighted by atomic mass is 10.4. The standard InChI is InChI=1S/C11H10FN5O3S/c12-10-2-1-9(21-10)6-13-15-11(18)3-4-16-7-8(5-14-16)17(19)20/h1-2,5-7H,3-4H2,(H,15,18). The zero-order valence-electron chi connectivity index (χ0n) is 10.6. The number of aryl methyl sites for hydroxylation is 1. The van der Waals surface area contributed by atoms with Crippen molar-refractivity contribution in [3.05, 3.63) is 44.6 Å². The van der Waals surface area contributed by atoms with E-state index in [0.717, 1.165) is 17.5 Å². The summed E-state index contributed by atoms with van der Waals surface area (Å²) in [5, 5.41) is 17.6. The zero-order chi connectivity index (χ0) is 15.2. The Hall–Kier alpha value is -2.62. The Bertz CT molecular complexity index is 681. The number of rotatable bonds is 6. The molecule has 1 amide bonds. The molecule has 0 saturated carbocycles. The van der Waals surface area contributed by atoms with Crippen LogP contribution in [0.5, 0.6) is 0 Å². The lowest BCUT2D eigenvalue weighted by Gasteiger charge is -1.99. The number of carbonyl (C=O) groups excluding carboxylic acids is 1. The van der Waals surface area contributed by atoms with Gasteiger partial charge in [0.15, 0.2) is 5.13 Å². The van der Waals surface area contributed by atoms with Crippen molar-refractivity contribution in [2.75, 3.05) is 0 Å². The smallest absolute Gasteiger partial charge is 0.273 e. The van der Waals surface area contributed by atoms with Crippen molar-refractivity contribution in [1.29, 1.82) is 0 Å². The van der Waals surface area contributed by atoms with Crippen LogP contribution in [0.15, 0.2) is 29.6 Å². The Labute approximate surface area is 122 Å². The van der Waals surface area contributed by atoms with Crippen LogP contribution in [0, 0.1) is 15.2 Å². The molecule has 0 spiro atoms. The SMILES string of the molecule is O=C(CCn1cc([N+](=O)[O-])cn1)NN=Cc1ccc(F)s1. The number of nitrogens with one attached hydrogen (secondary N) is 1. The van der Waals surface area contributed by atoms with E-state index >= 15 is 0 Å². The van der Waals surface area contributed by atoms with Crippen molar-refractivity contribution in [1.82, 2.24) is 15.2 Å². The van der Waals surface area contributed by atoms with Gasteiger partial charge < -0.3 is 0 Å². The van der Waals surface area contributed by atoms with Gasteiger partial charge in [0.25, 0.3) is 0 Å². The minimum Gasteiger partial charge on any atom is -0.273 e. The maximum absolute atomic E-state index is 12.7. The van der Waals surface area contributed by atoms with E-state index in [-0.39, 0.29) is 29.7 Å². The fourth-order valence-electron chi connectivity index (χ4n) is 1.41. The minimum absolute atomic E-state index is 0.0645. The first-order valence-electron chi connectivity index (χ1n) is 5.78. The van der Waals surface area contributed by atoms with E-state index < -0.39 is 4.92 Å². The number of carbonyl (C=O) groups is 1. The van der Waals surface area contributed by atoms with E-state index in [1.54, 1.807) is 6.07 Å². The van der Waals surface area contributed by atoms with Crippen molar-refractivity contribution in [3.8, 4) is 0 Å². The van der Waals surface area contributed by atoms with E-state index in [4.69, 9.17) is 0 Å². The summed E-state index contributed by atoms with van der Waals surface area (Å²) >= 11 is 0.910. The highest BCUT2D eigenvalue weighted by Gasteiger charge is 2.09. The van der Waals surface area contributed by atoms with Gasteiger partial charge in [-0.3, -0.25) is 19.6 Å². The van der Waals surface area contributed by atoms with Crippen LogP contribution in [0.3, 0.4) is 0 Å². The van der Waals surface area contributed by atoms with Crippen LogP contribution in [0.4, 0.5) is 10.1 Å². The molecular weight excluding hydrogens is 301 g/mol. The fraction of sp³-hybridized carbons (Fsp3) is 0.182. The molecule has 2 aromatic rings. The normalized spacial score (nSPS) is 10.9. The second kappa shape index (κ2) is 6.70. The predicted molar refractivity (Wildman–Crippen MR) is 73.5 cm³/mol. The van der Waals surface area contributed by atoms with Crippen LogP contribution in [0.1, 0.15) is 11.3 Å². The molecule has 0 aromatic carbocycles. The molecule has 21 heavy (non-hydrogen) atoms. The first-order chi connectivity index (χ1) is 10.0. The molecule has 8 nitrogen and oxygen atoms in total. The molecule has 0 radical (unpaired) electrons. The average Bonchev–Trinajstić information content (AvgIpc) is 3.05. The van der Waals surface area contributed by atoms with E-state index in [1.165, 1.54) is 23.2 Å². The van der Waals surface area contributed by atoms with Crippen LogP contribution in [0.25, 0.3) is 0 Å². The first-order valence-corrected chi connectivity index (χ1v) is 6.60. The monoisotopic (exact) mass is 311 g/mol. The number of hydrogen-bond donors (Lipinski definition) is 1. The second-order valence-corrected chi connectivity index (χ2v) is 4.97. The molecule has 2 rings (SSSR count). The van der Waals surface area contributed by atoms with E-state index in [0.29, 0.717) is 4.88 Å². The summed E-state index contributed by atoms with van der Waals surface area (Å²) in [6.07, 6.45) is 3.76. The number of thiophene rings is 1. The highest BCUT2D eigenvalue weighted by molar-refractivity contribution is 7.12. The lowest BCUT2D eigenvalue weighted by molar-refractivity contribution is -0.385. The number of aromatic nitrogens is 2. The summed E-state index contributed by atoms with van der Waals surface area (Å²) in [6, 6.07) is 2.84. The van der Waals surface area contributed by atoms with Gasteiger partial charge in [-0.05, 0) is 12.1 Å². The van der Waals surface area contributed by atoms with Gasteiger partial charge in [-0.25, -0.2) is 5.43 Å². The van der Waals surface area contributed by atoms with Gasteiger partial charge in [-0.2, -0.15) is 14.6 Å². The van der Waals surface area contributed by atoms with E-state index in [9.17, 15) is 19.3 Å². The van der Waals surface area contributed by atoms with Crippen LogP contribution >= 0.6 is 11.3 Å². The molecule has 0 bridgehead atoms. The van der Waals surface area contributed by atoms with Gasteiger partial charge >= 0.3 is 5.69 Å². The van der Waals surface area contributed by atoms with Gasteiger partial charge in [0, 0.05) is 6.42 Å². The Morgan fingerprint density at radius 3 is 3.05 bits per heavy atom. The van der Waals surface area contributed by atoms with Crippen molar-refractivity contribution < 1.29 is 14.1 Å². The molecule has 110 valence electrons. The predicted octanol–water partition coefficient (Wildman–Crippen LogP) is 1.53.